The van der Waals surface area contributed by atoms with Crippen molar-refractivity contribution >= 4 is 11.3 Å². The minimum Gasteiger partial charge on any atom is -0.325 e. The standard InChI is InChI=1S/C17H17N3S/c1-12-6-2-3-8-14(12)17-15(21-16(11-18)20-17)10-13-7-4-5-9-19-13/h2-9H,10-11,18H2,1H3. The third kappa shape index (κ3) is 3.01. The predicted octanol–water partition coefficient (Wildman–Crippen LogP) is 3.56. The summed E-state index contributed by atoms with van der Waals surface area (Å²) >= 11 is 1.68. The highest BCUT2D eigenvalue weighted by molar-refractivity contribution is 7.12. The number of thiazole rings is 1. The summed E-state index contributed by atoms with van der Waals surface area (Å²) in [5.74, 6) is 0. The summed E-state index contributed by atoms with van der Waals surface area (Å²) in [4.78, 5) is 10.4. The molecule has 0 fully saturated rings. The molecule has 0 spiro atoms. The van der Waals surface area contributed by atoms with Gasteiger partial charge in [0.2, 0.25) is 0 Å². The van der Waals surface area contributed by atoms with Crippen LogP contribution in [-0.2, 0) is 13.0 Å². The second kappa shape index (κ2) is 6.16. The molecule has 3 rings (SSSR count). The summed E-state index contributed by atoms with van der Waals surface area (Å²) in [6.07, 6.45) is 2.62. The number of nitrogens with zero attached hydrogens (tertiary/aromatic N) is 2. The minimum absolute atomic E-state index is 0.478. The number of aryl methyl sites for hydroxylation is 1. The van der Waals surface area contributed by atoms with E-state index in [1.54, 1.807) is 11.3 Å². The molecule has 3 nitrogen and oxygen atoms in total. The van der Waals surface area contributed by atoms with Crippen LogP contribution in [0.15, 0.2) is 48.7 Å². The average Bonchev–Trinajstić information content (AvgIpc) is 2.92. The van der Waals surface area contributed by atoms with Crippen LogP contribution in [0.2, 0.25) is 0 Å². The lowest BCUT2D eigenvalue weighted by molar-refractivity contribution is 1.04. The van der Waals surface area contributed by atoms with Gasteiger partial charge in [0.1, 0.15) is 5.01 Å². The number of nitrogens with two attached hydrogens (primary N) is 1. The number of benzene rings is 1. The fraction of sp³-hybridized carbons (Fsp3) is 0.176. The van der Waals surface area contributed by atoms with Gasteiger partial charge in [-0.3, -0.25) is 4.98 Å². The van der Waals surface area contributed by atoms with E-state index >= 15 is 0 Å². The summed E-state index contributed by atoms with van der Waals surface area (Å²) in [5.41, 5.74) is 10.3. The van der Waals surface area contributed by atoms with Gasteiger partial charge in [0, 0.05) is 35.3 Å². The van der Waals surface area contributed by atoms with E-state index in [-0.39, 0.29) is 0 Å². The van der Waals surface area contributed by atoms with Crippen molar-refractivity contribution < 1.29 is 0 Å². The zero-order chi connectivity index (χ0) is 14.7. The number of hydrogen-bond acceptors (Lipinski definition) is 4. The second-order valence-electron chi connectivity index (χ2n) is 4.90. The van der Waals surface area contributed by atoms with E-state index in [1.807, 2.05) is 36.5 Å². The summed E-state index contributed by atoms with van der Waals surface area (Å²) < 4.78 is 0. The fourth-order valence-corrected chi connectivity index (χ4v) is 3.30. The maximum atomic E-state index is 5.77. The van der Waals surface area contributed by atoms with Crippen molar-refractivity contribution in [3.63, 3.8) is 0 Å². The van der Waals surface area contributed by atoms with E-state index in [0.29, 0.717) is 6.54 Å². The second-order valence-corrected chi connectivity index (χ2v) is 6.06. The van der Waals surface area contributed by atoms with Gasteiger partial charge in [-0.1, -0.05) is 30.3 Å². The maximum Gasteiger partial charge on any atom is 0.107 e. The molecule has 0 bridgehead atoms. The molecule has 0 radical (unpaired) electrons. The molecule has 0 amide bonds. The van der Waals surface area contributed by atoms with Crippen LogP contribution in [0.3, 0.4) is 0 Å². The van der Waals surface area contributed by atoms with Crippen LogP contribution in [0, 0.1) is 6.92 Å². The number of rotatable bonds is 4. The molecular weight excluding hydrogens is 278 g/mol. The van der Waals surface area contributed by atoms with Gasteiger partial charge >= 0.3 is 0 Å². The van der Waals surface area contributed by atoms with Crippen LogP contribution in [0.25, 0.3) is 11.3 Å². The Morgan fingerprint density at radius 3 is 2.62 bits per heavy atom. The number of aromatic nitrogens is 2. The molecule has 0 saturated heterocycles. The van der Waals surface area contributed by atoms with Crippen molar-refractivity contribution in [1.29, 1.82) is 0 Å². The molecule has 21 heavy (non-hydrogen) atoms. The molecule has 0 unspecified atom stereocenters. The Kier molecular flexibility index (Phi) is 4.08. The van der Waals surface area contributed by atoms with Gasteiger partial charge in [-0.2, -0.15) is 0 Å². The van der Waals surface area contributed by atoms with E-state index in [4.69, 9.17) is 10.7 Å². The predicted molar refractivity (Wildman–Crippen MR) is 87.2 cm³/mol. The van der Waals surface area contributed by atoms with E-state index < -0.39 is 0 Å². The molecule has 0 aliphatic rings. The van der Waals surface area contributed by atoms with E-state index in [9.17, 15) is 0 Å². The molecule has 1 aromatic carbocycles. The minimum atomic E-state index is 0.478. The van der Waals surface area contributed by atoms with Crippen molar-refractivity contribution in [1.82, 2.24) is 9.97 Å². The van der Waals surface area contributed by atoms with Crippen molar-refractivity contribution in [2.45, 2.75) is 19.9 Å². The van der Waals surface area contributed by atoms with Gasteiger partial charge in [-0.15, -0.1) is 11.3 Å². The first-order valence-corrected chi connectivity index (χ1v) is 7.74. The van der Waals surface area contributed by atoms with Gasteiger partial charge in [-0.25, -0.2) is 4.98 Å². The fourth-order valence-electron chi connectivity index (χ4n) is 2.32. The van der Waals surface area contributed by atoms with E-state index in [0.717, 1.165) is 22.8 Å². The molecule has 0 saturated carbocycles. The molecule has 106 valence electrons. The van der Waals surface area contributed by atoms with Crippen LogP contribution < -0.4 is 5.73 Å². The highest BCUT2D eigenvalue weighted by Gasteiger charge is 2.14. The molecule has 2 heterocycles. The van der Waals surface area contributed by atoms with Crippen LogP contribution in [0.1, 0.15) is 21.1 Å². The van der Waals surface area contributed by atoms with Crippen LogP contribution in [0.5, 0.6) is 0 Å². The zero-order valence-corrected chi connectivity index (χ0v) is 12.7. The third-order valence-corrected chi connectivity index (χ3v) is 4.46. The SMILES string of the molecule is Cc1ccccc1-c1nc(CN)sc1Cc1ccccn1. The quantitative estimate of drug-likeness (QED) is 0.800. The molecular formula is C17H17N3S. The largest absolute Gasteiger partial charge is 0.325 e. The van der Waals surface area contributed by atoms with Gasteiger partial charge in [0.25, 0.3) is 0 Å². The van der Waals surface area contributed by atoms with Crippen LogP contribution in [0.4, 0.5) is 0 Å². The molecule has 3 aromatic rings. The Balaban J connectivity index is 2.04. The Bertz CT molecular complexity index is 735. The maximum absolute atomic E-state index is 5.77. The van der Waals surface area contributed by atoms with Crippen LogP contribution >= 0.6 is 11.3 Å². The lowest BCUT2D eigenvalue weighted by Gasteiger charge is -2.05. The highest BCUT2D eigenvalue weighted by Crippen LogP contribution is 2.31. The van der Waals surface area contributed by atoms with Gasteiger partial charge in [-0.05, 0) is 24.6 Å². The first kappa shape index (κ1) is 13.9. The summed E-state index contributed by atoms with van der Waals surface area (Å²) in [5, 5.41) is 0.971. The average molecular weight is 295 g/mol. The Morgan fingerprint density at radius 2 is 1.90 bits per heavy atom. The number of hydrogen-bond donors (Lipinski definition) is 1. The summed E-state index contributed by atoms with van der Waals surface area (Å²) in [6.45, 7) is 2.59. The zero-order valence-electron chi connectivity index (χ0n) is 11.9. The van der Waals surface area contributed by atoms with Gasteiger partial charge in [0.15, 0.2) is 0 Å². The summed E-state index contributed by atoms with van der Waals surface area (Å²) in [6, 6.07) is 14.3. The highest BCUT2D eigenvalue weighted by atomic mass is 32.1. The third-order valence-electron chi connectivity index (χ3n) is 3.38. The van der Waals surface area contributed by atoms with Crippen LogP contribution in [-0.4, -0.2) is 9.97 Å². The molecule has 2 aromatic heterocycles. The Labute approximate surface area is 128 Å². The first-order chi connectivity index (χ1) is 10.3. The van der Waals surface area contributed by atoms with Gasteiger partial charge < -0.3 is 5.73 Å². The number of pyridine rings is 1. The smallest absolute Gasteiger partial charge is 0.107 e. The Morgan fingerprint density at radius 1 is 1.10 bits per heavy atom. The molecule has 0 aliphatic carbocycles. The molecule has 4 heteroatoms. The first-order valence-electron chi connectivity index (χ1n) is 6.92. The van der Waals surface area contributed by atoms with E-state index in [2.05, 4.69) is 24.0 Å². The summed E-state index contributed by atoms with van der Waals surface area (Å²) in [7, 11) is 0. The molecule has 2 N–H and O–H groups in total. The van der Waals surface area contributed by atoms with Crippen molar-refractivity contribution in [2.24, 2.45) is 5.73 Å². The topological polar surface area (TPSA) is 51.8 Å². The van der Waals surface area contributed by atoms with Crippen molar-refractivity contribution in [3.8, 4) is 11.3 Å². The monoisotopic (exact) mass is 295 g/mol. The molecule has 0 atom stereocenters. The normalized spacial score (nSPS) is 10.8. The van der Waals surface area contributed by atoms with Crippen molar-refractivity contribution in [3.05, 3.63) is 69.8 Å². The lowest BCUT2D eigenvalue weighted by Crippen LogP contribution is -1.95. The van der Waals surface area contributed by atoms with Crippen molar-refractivity contribution in [2.75, 3.05) is 0 Å². The van der Waals surface area contributed by atoms with E-state index in [1.165, 1.54) is 16.0 Å². The van der Waals surface area contributed by atoms with Gasteiger partial charge in [0.05, 0.1) is 5.69 Å². The Hall–Kier alpha value is -2.04. The lowest BCUT2D eigenvalue weighted by atomic mass is 10.0. The molecule has 0 aliphatic heterocycles.